The fourth-order valence-electron chi connectivity index (χ4n) is 6.38. The number of nitrogens with zero attached hydrogens (tertiary/aromatic N) is 5. The van der Waals surface area contributed by atoms with Crippen molar-refractivity contribution in [3.63, 3.8) is 0 Å². The smallest absolute Gasteiger partial charge is 0.246 e. The van der Waals surface area contributed by atoms with E-state index in [1.165, 1.54) is 0 Å². The van der Waals surface area contributed by atoms with E-state index in [9.17, 15) is 13.5 Å². The average molecular weight is 523 g/mol. The molecule has 2 saturated carbocycles. The number of fused-ring (bicyclic) bond motifs is 3. The lowest BCUT2D eigenvalue weighted by Gasteiger charge is -2.34. The van der Waals surface area contributed by atoms with Crippen LogP contribution in [-0.2, 0) is 10.0 Å². The van der Waals surface area contributed by atoms with Crippen molar-refractivity contribution in [2.75, 3.05) is 42.9 Å². The number of nitrogens with one attached hydrogen (secondary N) is 1. The Bertz CT molecular complexity index is 1400. The average Bonchev–Trinajstić information content (AvgIpc) is 3.45. The summed E-state index contributed by atoms with van der Waals surface area (Å²) in [4.78, 5) is 16.1. The molecule has 0 unspecified atom stereocenters. The number of benzene rings is 1. The Labute approximate surface area is 218 Å². The molecule has 10 heteroatoms. The predicted molar refractivity (Wildman–Crippen MR) is 143 cm³/mol. The molecule has 3 fully saturated rings. The zero-order chi connectivity index (χ0) is 25.7. The minimum absolute atomic E-state index is 0.177. The van der Waals surface area contributed by atoms with E-state index in [4.69, 9.17) is 4.98 Å². The molecule has 2 aliphatic carbocycles. The topological polar surface area (TPSA) is 112 Å². The molecule has 2 aromatic heterocycles. The van der Waals surface area contributed by atoms with Crippen LogP contribution in [0.2, 0.25) is 0 Å². The molecule has 9 nitrogen and oxygen atoms in total. The van der Waals surface area contributed by atoms with E-state index in [1.54, 1.807) is 10.4 Å². The molecule has 37 heavy (non-hydrogen) atoms. The van der Waals surface area contributed by atoms with Gasteiger partial charge in [-0.3, -0.25) is 0 Å². The molecular formula is C27H34N6O3S. The van der Waals surface area contributed by atoms with Crippen LogP contribution >= 0.6 is 0 Å². The molecule has 196 valence electrons. The van der Waals surface area contributed by atoms with Gasteiger partial charge in [-0.25, -0.2) is 23.4 Å². The van der Waals surface area contributed by atoms with E-state index < -0.39 is 10.0 Å². The third-order valence-electron chi connectivity index (χ3n) is 8.30. The third-order valence-corrected chi connectivity index (χ3v) is 10.2. The lowest BCUT2D eigenvalue weighted by molar-refractivity contribution is 0.0974. The van der Waals surface area contributed by atoms with Crippen LogP contribution in [0.25, 0.3) is 10.9 Å². The first kappa shape index (κ1) is 24.5. The Morgan fingerprint density at radius 2 is 1.68 bits per heavy atom. The van der Waals surface area contributed by atoms with Gasteiger partial charge in [0, 0.05) is 49.5 Å². The number of anilines is 2. The normalized spacial score (nSPS) is 26.2. The molecule has 1 aliphatic heterocycles. The summed E-state index contributed by atoms with van der Waals surface area (Å²) in [7, 11) is -3.77. The minimum Gasteiger partial charge on any atom is -0.393 e. The van der Waals surface area contributed by atoms with Crippen molar-refractivity contribution < 1.29 is 13.5 Å². The second-order valence-corrected chi connectivity index (χ2v) is 12.7. The van der Waals surface area contributed by atoms with E-state index in [0.29, 0.717) is 62.2 Å². The number of aromatic nitrogens is 3. The fraction of sp³-hybridized carbons (Fsp3) is 0.519. The first-order chi connectivity index (χ1) is 17.8. The number of aliphatic hydroxyl groups is 1. The molecular weight excluding hydrogens is 488 g/mol. The SMILES string of the molecule is Cc1cc(C)nc(N2CCN(S(=O)(=O)c3cc4ccccc4nc3NC[C@@H]3C[C@H]4C[C@@H]3C[C@H]4O)CC2)n1. The summed E-state index contributed by atoms with van der Waals surface area (Å²) in [6.45, 7) is 6.32. The Balaban J connectivity index is 1.24. The van der Waals surface area contributed by atoms with E-state index in [-0.39, 0.29) is 11.0 Å². The molecule has 6 rings (SSSR count). The first-order valence-electron chi connectivity index (χ1n) is 13.2. The Kier molecular flexibility index (Phi) is 6.29. The van der Waals surface area contributed by atoms with Crippen molar-refractivity contribution in [2.45, 2.75) is 44.1 Å². The highest BCUT2D eigenvalue weighted by atomic mass is 32.2. The van der Waals surface area contributed by atoms with Crippen molar-refractivity contribution in [3.8, 4) is 0 Å². The van der Waals surface area contributed by atoms with Gasteiger partial charge in [-0.15, -0.1) is 0 Å². The van der Waals surface area contributed by atoms with Crippen LogP contribution in [-0.4, -0.2) is 71.6 Å². The van der Waals surface area contributed by atoms with Crippen LogP contribution < -0.4 is 10.2 Å². The summed E-state index contributed by atoms with van der Waals surface area (Å²) in [6.07, 6.45) is 2.72. The van der Waals surface area contributed by atoms with E-state index in [1.807, 2.05) is 49.1 Å². The van der Waals surface area contributed by atoms with Crippen molar-refractivity contribution >= 4 is 32.7 Å². The number of hydrogen-bond acceptors (Lipinski definition) is 8. The van der Waals surface area contributed by atoms with Crippen molar-refractivity contribution in [1.82, 2.24) is 19.3 Å². The lowest BCUT2D eigenvalue weighted by Crippen LogP contribution is -2.49. The third kappa shape index (κ3) is 4.66. The Hall–Kier alpha value is -2.82. The Morgan fingerprint density at radius 1 is 0.946 bits per heavy atom. The molecule has 3 heterocycles. The maximum Gasteiger partial charge on any atom is 0.246 e. The molecule has 0 amide bonds. The quantitative estimate of drug-likeness (QED) is 0.508. The Morgan fingerprint density at radius 3 is 2.35 bits per heavy atom. The van der Waals surface area contributed by atoms with Gasteiger partial charge in [0.2, 0.25) is 16.0 Å². The maximum absolute atomic E-state index is 13.9. The van der Waals surface area contributed by atoms with Gasteiger partial charge in [0.15, 0.2) is 0 Å². The number of para-hydroxylation sites is 1. The van der Waals surface area contributed by atoms with Gasteiger partial charge in [-0.05, 0) is 69.1 Å². The first-order valence-corrected chi connectivity index (χ1v) is 14.6. The van der Waals surface area contributed by atoms with Crippen molar-refractivity contribution in [1.29, 1.82) is 0 Å². The molecule has 3 aromatic rings. The predicted octanol–water partition coefficient (Wildman–Crippen LogP) is 2.97. The molecule has 4 atom stereocenters. The number of sulfonamides is 1. The van der Waals surface area contributed by atoms with Crippen LogP contribution in [0.3, 0.4) is 0 Å². The summed E-state index contributed by atoms with van der Waals surface area (Å²) in [5.41, 5.74) is 2.57. The maximum atomic E-state index is 13.9. The number of aliphatic hydroxyl groups excluding tert-OH is 1. The minimum atomic E-state index is -3.77. The molecule has 0 spiro atoms. The van der Waals surface area contributed by atoms with E-state index >= 15 is 0 Å². The molecule has 1 aromatic carbocycles. The second kappa shape index (κ2) is 9.49. The van der Waals surface area contributed by atoms with Gasteiger partial charge >= 0.3 is 0 Å². The largest absolute Gasteiger partial charge is 0.393 e. The van der Waals surface area contributed by atoms with Gasteiger partial charge in [0.05, 0.1) is 11.6 Å². The number of hydrogen-bond donors (Lipinski definition) is 2. The molecule has 1 saturated heterocycles. The summed E-state index contributed by atoms with van der Waals surface area (Å²) >= 11 is 0. The fourth-order valence-corrected chi connectivity index (χ4v) is 7.94. The zero-order valence-electron chi connectivity index (χ0n) is 21.3. The number of pyridine rings is 1. The molecule has 3 aliphatic rings. The standard InChI is InChI=1S/C27H34N6O3S/c1-17-11-18(2)30-27(29-17)32-7-9-33(10-8-32)37(35,36)25-15-19-5-3-4-6-23(19)31-26(25)28-16-22-13-21-12-20(22)14-24(21)34/h3-6,11,15,20-22,24,34H,7-10,12-14,16H2,1-2H3,(H,28,31)/t20-,21-,22+,24-/m1/s1. The summed E-state index contributed by atoms with van der Waals surface area (Å²) in [6, 6.07) is 11.3. The van der Waals surface area contributed by atoms with E-state index in [2.05, 4.69) is 15.3 Å². The zero-order valence-corrected chi connectivity index (χ0v) is 22.2. The van der Waals surface area contributed by atoms with Crippen LogP contribution in [0.4, 0.5) is 11.8 Å². The summed E-state index contributed by atoms with van der Waals surface area (Å²) in [5.74, 6) is 2.37. The van der Waals surface area contributed by atoms with E-state index in [0.717, 1.165) is 41.6 Å². The molecule has 2 bridgehead atoms. The van der Waals surface area contributed by atoms with Crippen molar-refractivity contribution in [2.24, 2.45) is 17.8 Å². The summed E-state index contributed by atoms with van der Waals surface area (Å²) in [5, 5.41) is 14.3. The number of aryl methyl sites for hydroxylation is 2. The van der Waals surface area contributed by atoms with Gasteiger partial charge in [-0.2, -0.15) is 4.31 Å². The van der Waals surface area contributed by atoms with Gasteiger partial charge in [0.25, 0.3) is 0 Å². The second-order valence-electron chi connectivity index (χ2n) is 10.8. The lowest BCUT2D eigenvalue weighted by atomic mass is 9.87. The highest BCUT2D eigenvalue weighted by Crippen LogP contribution is 2.48. The monoisotopic (exact) mass is 522 g/mol. The molecule has 0 radical (unpaired) electrons. The summed E-state index contributed by atoms with van der Waals surface area (Å²) < 4.78 is 29.4. The van der Waals surface area contributed by atoms with Crippen LogP contribution in [0.5, 0.6) is 0 Å². The number of rotatable bonds is 6. The number of piperazine rings is 1. The van der Waals surface area contributed by atoms with Crippen LogP contribution in [0.15, 0.2) is 41.3 Å². The molecule has 2 N–H and O–H groups in total. The van der Waals surface area contributed by atoms with Gasteiger partial charge in [-0.1, -0.05) is 18.2 Å². The van der Waals surface area contributed by atoms with Crippen molar-refractivity contribution in [3.05, 3.63) is 47.8 Å². The van der Waals surface area contributed by atoms with Gasteiger partial charge < -0.3 is 15.3 Å². The highest BCUT2D eigenvalue weighted by molar-refractivity contribution is 7.89. The van der Waals surface area contributed by atoms with Crippen LogP contribution in [0.1, 0.15) is 30.7 Å². The van der Waals surface area contributed by atoms with Gasteiger partial charge in [0.1, 0.15) is 10.7 Å². The van der Waals surface area contributed by atoms with Crippen LogP contribution in [0, 0.1) is 31.6 Å². The highest BCUT2D eigenvalue weighted by Gasteiger charge is 2.45.